The second kappa shape index (κ2) is 9.56. The van der Waals surface area contributed by atoms with Crippen LogP contribution in [0.4, 0.5) is 0 Å². The van der Waals surface area contributed by atoms with Gasteiger partial charge in [0.2, 0.25) is 0 Å². The van der Waals surface area contributed by atoms with Crippen LogP contribution in [-0.2, 0) is 5.41 Å². The van der Waals surface area contributed by atoms with E-state index in [9.17, 15) is 0 Å². The number of hydrogen-bond acceptors (Lipinski definition) is 3. The van der Waals surface area contributed by atoms with Crippen LogP contribution in [0.2, 0.25) is 0 Å². The van der Waals surface area contributed by atoms with Crippen molar-refractivity contribution in [1.82, 2.24) is 20.4 Å². The monoisotopic (exact) mass is 371 g/mol. The highest BCUT2D eigenvalue weighted by atomic mass is 15.3. The lowest BCUT2D eigenvalue weighted by atomic mass is 9.64. The summed E-state index contributed by atoms with van der Waals surface area (Å²) in [5.41, 5.74) is 1.74. The van der Waals surface area contributed by atoms with Crippen molar-refractivity contribution in [1.29, 1.82) is 0 Å². The molecule has 1 unspecified atom stereocenters. The van der Waals surface area contributed by atoms with Crippen molar-refractivity contribution < 1.29 is 0 Å². The van der Waals surface area contributed by atoms with Gasteiger partial charge in [-0.15, -0.1) is 0 Å². The van der Waals surface area contributed by atoms with Crippen LogP contribution >= 0.6 is 0 Å². The van der Waals surface area contributed by atoms with Gasteiger partial charge in [-0.25, -0.2) is 0 Å². The molecule has 0 spiro atoms. The molecule has 27 heavy (non-hydrogen) atoms. The minimum absolute atomic E-state index is 0.279. The maximum Gasteiger partial charge on any atom is 0.191 e. The van der Waals surface area contributed by atoms with Crippen LogP contribution in [0, 0.1) is 0 Å². The van der Waals surface area contributed by atoms with Crippen LogP contribution in [0.25, 0.3) is 0 Å². The molecule has 1 aromatic rings. The quantitative estimate of drug-likeness (QED) is 0.570. The Morgan fingerprint density at radius 1 is 1.11 bits per heavy atom. The third-order valence-electron chi connectivity index (χ3n) is 6.56. The van der Waals surface area contributed by atoms with E-state index in [2.05, 4.69) is 69.6 Å². The first-order valence-corrected chi connectivity index (χ1v) is 10.6. The van der Waals surface area contributed by atoms with E-state index in [1.54, 1.807) is 0 Å². The van der Waals surface area contributed by atoms with E-state index >= 15 is 0 Å². The summed E-state index contributed by atoms with van der Waals surface area (Å²) in [7, 11) is 1.87. The lowest BCUT2D eigenvalue weighted by Crippen LogP contribution is -2.54. The Labute approximate surface area is 165 Å². The molecule has 0 amide bonds. The molecule has 2 N–H and O–H groups in total. The van der Waals surface area contributed by atoms with Crippen molar-refractivity contribution in [2.24, 2.45) is 4.99 Å². The number of likely N-dealkylation sites (N-methyl/N-ethyl adjacent to an activating group) is 1. The highest BCUT2D eigenvalue weighted by Crippen LogP contribution is 2.43. The van der Waals surface area contributed by atoms with Crippen molar-refractivity contribution >= 4 is 5.96 Å². The van der Waals surface area contributed by atoms with Gasteiger partial charge in [-0.1, -0.05) is 43.7 Å². The van der Waals surface area contributed by atoms with Gasteiger partial charge in [0.25, 0.3) is 0 Å². The minimum Gasteiger partial charge on any atom is -0.356 e. The predicted octanol–water partition coefficient (Wildman–Crippen LogP) is 2.30. The molecule has 150 valence electrons. The first kappa shape index (κ1) is 20.2. The van der Waals surface area contributed by atoms with Gasteiger partial charge in [0.1, 0.15) is 0 Å². The molecule has 2 fully saturated rings. The van der Waals surface area contributed by atoms with Crippen LogP contribution < -0.4 is 10.6 Å². The Hall–Kier alpha value is -1.59. The topological polar surface area (TPSA) is 42.9 Å². The fourth-order valence-corrected chi connectivity index (χ4v) is 4.33. The molecule has 1 aromatic carbocycles. The Kier molecular flexibility index (Phi) is 7.13. The molecule has 0 bridgehead atoms. The Morgan fingerprint density at radius 3 is 2.37 bits per heavy atom. The lowest BCUT2D eigenvalue weighted by molar-refractivity contribution is 0.107. The van der Waals surface area contributed by atoms with Gasteiger partial charge in [-0.3, -0.25) is 9.89 Å². The Balaban J connectivity index is 1.46. The smallest absolute Gasteiger partial charge is 0.191 e. The maximum atomic E-state index is 4.45. The number of benzene rings is 1. The molecule has 0 radical (unpaired) electrons. The molecule has 1 saturated heterocycles. The molecule has 5 nitrogen and oxygen atoms in total. The van der Waals surface area contributed by atoms with Gasteiger partial charge in [0.05, 0.1) is 0 Å². The summed E-state index contributed by atoms with van der Waals surface area (Å²) < 4.78 is 0. The number of hydrogen-bond donors (Lipinski definition) is 2. The van der Waals surface area contributed by atoms with Gasteiger partial charge in [0.15, 0.2) is 5.96 Å². The second-order valence-electron chi connectivity index (χ2n) is 8.13. The fraction of sp³-hybridized carbons (Fsp3) is 0.682. The van der Waals surface area contributed by atoms with Crippen molar-refractivity contribution in [3.8, 4) is 0 Å². The zero-order valence-electron chi connectivity index (χ0n) is 17.4. The average molecular weight is 372 g/mol. The minimum atomic E-state index is 0.279. The SMILES string of the molecule is CCN1CCN(C(C)CNC(=NC)NCC2(c3ccccc3)CCC2)CC1. The number of nitrogens with one attached hydrogen (secondary N) is 2. The number of aliphatic imine (C=N–C) groups is 1. The maximum absolute atomic E-state index is 4.45. The predicted molar refractivity (Wildman–Crippen MR) is 114 cm³/mol. The molecular formula is C22H37N5. The lowest BCUT2D eigenvalue weighted by Gasteiger charge is -2.43. The van der Waals surface area contributed by atoms with E-state index in [-0.39, 0.29) is 5.41 Å². The van der Waals surface area contributed by atoms with Crippen molar-refractivity contribution in [2.75, 3.05) is 52.9 Å². The normalized spacial score (nSPS) is 22.1. The molecule has 1 atom stereocenters. The van der Waals surface area contributed by atoms with Gasteiger partial charge in [-0.05, 0) is 31.9 Å². The first-order chi connectivity index (χ1) is 13.2. The average Bonchev–Trinajstić information content (AvgIpc) is 2.70. The largest absolute Gasteiger partial charge is 0.356 e. The van der Waals surface area contributed by atoms with Gasteiger partial charge >= 0.3 is 0 Å². The summed E-state index contributed by atoms with van der Waals surface area (Å²) in [5, 5.41) is 7.14. The molecule has 2 aliphatic rings. The number of piperazine rings is 1. The van der Waals surface area contributed by atoms with Gasteiger partial charge in [0, 0.05) is 57.8 Å². The van der Waals surface area contributed by atoms with E-state index in [4.69, 9.17) is 0 Å². The van der Waals surface area contributed by atoms with Crippen LogP contribution in [0.1, 0.15) is 38.7 Å². The number of guanidine groups is 1. The third-order valence-corrected chi connectivity index (χ3v) is 6.56. The van der Waals surface area contributed by atoms with Crippen molar-refractivity contribution in [3.63, 3.8) is 0 Å². The first-order valence-electron chi connectivity index (χ1n) is 10.6. The van der Waals surface area contributed by atoms with Crippen molar-refractivity contribution in [2.45, 2.75) is 44.6 Å². The molecule has 1 heterocycles. The fourth-order valence-electron chi connectivity index (χ4n) is 4.33. The summed E-state index contributed by atoms with van der Waals surface area (Å²) in [4.78, 5) is 9.57. The van der Waals surface area contributed by atoms with Crippen LogP contribution in [-0.4, -0.2) is 74.7 Å². The zero-order chi connectivity index (χ0) is 19.1. The summed E-state index contributed by atoms with van der Waals surface area (Å²) in [6, 6.07) is 11.5. The van der Waals surface area contributed by atoms with Crippen LogP contribution in [0.3, 0.4) is 0 Å². The summed E-state index contributed by atoms with van der Waals surface area (Å²) in [6.07, 6.45) is 3.85. The van der Waals surface area contributed by atoms with E-state index in [1.807, 2.05) is 7.05 Å². The highest BCUT2D eigenvalue weighted by Gasteiger charge is 2.38. The van der Waals surface area contributed by atoms with Crippen molar-refractivity contribution in [3.05, 3.63) is 35.9 Å². The van der Waals surface area contributed by atoms with Crippen LogP contribution in [0.5, 0.6) is 0 Å². The molecular weight excluding hydrogens is 334 g/mol. The van der Waals surface area contributed by atoms with E-state index in [0.717, 1.165) is 19.0 Å². The Morgan fingerprint density at radius 2 is 1.81 bits per heavy atom. The van der Waals surface area contributed by atoms with E-state index in [1.165, 1.54) is 57.5 Å². The second-order valence-corrected chi connectivity index (χ2v) is 8.13. The van der Waals surface area contributed by atoms with Gasteiger partial charge < -0.3 is 15.5 Å². The summed E-state index contributed by atoms with van der Waals surface area (Å²) in [6.45, 7) is 12.3. The highest BCUT2D eigenvalue weighted by molar-refractivity contribution is 5.79. The molecule has 5 heteroatoms. The van der Waals surface area contributed by atoms with E-state index < -0.39 is 0 Å². The third kappa shape index (κ3) is 5.02. The summed E-state index contributed by atoms with van der Waals surface area (Å²) >= 11 is 0. The number of rotatable bonds is 7. The molecule has 1 aliphatic heterocycles. The van der Waals surface area contributed by atoms with Gasteiger partial charge in [-0.2, -0.15) is 0 Å². The zero-order valence-corrected chi connectivity index (χ0v) is 17.4. The molecule has 3 rings (SSSR count). The van der Waals surface area contributed by atoms with Crippen LogP contribution in [0.15, 0.2) is 35.3 Å². The standard InChI is InChI=1S/C22H37N5/c1-4-26-13-15-27(16-14-26)19(2)17-24-21(23-3)25-18-22(11-8-12-22)20-9-6-5-7-10-20/h5-7,9-10,19H,4,8,11-18H2,1-3H3,(H2,23,24,25). The van der Waals surface area contributed by atoms with E-state index in [0.29, 0.717) is 6.04 Å². The Bertz CT molecular complexity index is 588. The number of nitrogens with zero attached hydrogens (tertiary/aromatic N) is 3. The molecule has 1 saturated carbocycles. The summed E-state index contributed by atoms with van der Waals surface area (Å²) in [5.74, 6) is 0.927. The molecule has 1 aliphatic carbocycles. The molecule has 0 aromatic heterocycles.